The number of carbonyl (C=O) groups excluding carboxylic acids is 1. The Morgan fingerprint density at radius 2 is 1.92 bits per heavy atom. The minimum atomic E-state index is -4.49. The van der Waals surface area contributed by atoms with Gasteiger partial charge in [-0.1, -0.05) is 0 Å². The first-order valence-corrected chi connectivity index (χ1v) is 7.21. The monoisotopic (exact) mass is 351 g/mol. The number of benzene rings is 1. The Kier molecular flexibility index (Phi) is 4.07. The van der Waals surface area contributed by atoms with Crippen molar-refractivity contribution in [3.8, 4) is 0 Å². The molecule has 0 aliphatic carbocycles. The molecule has 2 heterocycles. The van der Waals surface area contributed by atoms with E-state index in [2.05, 4.69) is 10.3 Å². The minimum Gasteiger partial charge on any atom is -0.465 e. The van der Waals surface area contributed by atoms with Crippen molar-refractivity contribution in [2.24, 2.45) is 0 Å². The molecular weight excluding hydrogens is 339 g/mol. The molecule has 2 amide bonds. The van der Waals surface area contributed by atoms with E-state index in [0.29, 0.717) is 11.3 Å². The van der Waals surface area contributed by atoms with E-state index in [9.17, 15) is 22.8 Å². The number of nitrogens with one attached hydrogen (secondary N) is 1. The van der Waals surface area contributed by atoms with Gasteiger partial charge < -0.3 is 10.4 Å². The third-order valence-corrected chi connectivity index (χ3v) is 3.82. The van der Waals surface area contributed by atoms with Crippen LogP contribution in [-0.2, 0) is 17.4 Å². The van der Waals surface area contributed by atoms with Crippen molar-refractivity contribution in [2.75, 3.05) is 4.90 Å². The molecule has 0 radical (unpaired) electrons. The van der Waals surface area contributed by atoms with Crippen LogP contribution in [-0.4, -0.2) is 28.1 Å². The van der Waals surface area contributed by atoms with Gasteiger partial charge in [-0.3, -0.25) is 14.7 Å². The maximum Gasteiger partial charge on any atom is 0.416 e. The first-order chi connectivity index (χ1) is 11.8. The van der Waals surface area contributed by atoms with Gasteiger partial charge in [0.05, 0.1) is 17.4 Å². The maximum absolute atomic E-state index is 12.7. The second-order valence-electron chi connectivity index (χ2n) is 5.43. The summed E-state index contributed by atoms with van der Waals surface area (Å²) in [7, 11) is 0. The molecule has 2 N–H and O–H groups in total. The Bertz CT molecular complexity index is 821. The maximum atomic E-state index is 12.7. The van der Waals surface area contributed by atoms with Crippen molar-refractivity contribution < 1.29 is 27.9 Å². The van der Waals surface area contributed by atoms with Crippen molar-refractivity contribution in [3.05, 3.63) is 53.9 Å². The van der Waals surface area contributed by atoms with Crippen LogP contribution in [0.4, 0.5) is 29.3 Å². The summed E-state index contributed by atoms with van der Waals surface area (Å²) in [4.78, 5) is 28.7. The van der Waals surface area contributed by atoms with Crippen LogP contribution >= 0.6 is 0 Å². The quantitative estimate of drug-likeness (QED) is 0.871. The molecule has 1 aromatic carbocycles. The van der Waals surface area contributed by atoms with Gasteiger partial charge in [0.15, 0.2) is 0 Å². The summed E-state index contributed by atoms with van der Waals surface area (Å²) in [6, 6.07) is 4.67. The van der Waals surface area contributed by atoms with Crippen molar-refractivity contribution in [1.82, 2.24) is 10.3 Å². The van der Waals surface area contributed by atoms with Gasteiger partial charge in [-0.05, 0) is 35.9 Å². The van der Waals surface area contributed by atoms with E-state index in [1.165, 1.54) is 29.4 Å². The molecule has 9 heteroatoms. The molecule has 1 aliphatic heterocycles. The smallest absolute Gasteiger partial charge is 0.416 e. The van der Waals surface area contributed by atoms with E-state index >= 15 is 0 Å². The average Bonchev–Trinajstić information content (AvgIpc) is 2.54. The van der Waals surface area contributed by atoms with Gasteiger partial charge >= 0.3 is 12.3 Å². The van der Waals surface area contributed by atoms with Crippen LogP contribution in [0, 0.1) is 0 Å². The molecule has 1 aliphatic rings. The lowest BCUT2D eigenvalue weighted by molar-refractivity contribution is -0.137. The van der Waals surface area contributed by atoms with E-state index < -0.39 is 29.8 Å². The number of hydrogen-bond donors (Lipinski definition) is 2. The zero-order chi connectivity index (χ0) is 18.2. The molecule has 0 spiro atoms. The van der Waals surface area contributed by atoms with Crippen LogP contribution in [0.15, 0.2) is 42.7 Å². The van der Waals surface area contributed by atoms with Crippen molar-refractivity contribution >= 4 is 23.4 Å². The number of amides is 2. The van der Waals surface area contributed by atoms with E-state index in [-0.39, 0.29) is 12.1 Å². The summed E-state index contributed by atoms with van der Waals surface area (Å²) >= 11 is 0. The zero-order valence-corrected chi connectivity index (χ0v) is 12.6. The molecule has 130 valence electrons. The van der Waals surface area contributed by atoms with E-state index in [1.54, 1.807) is 6.07 Å². The Morgan fingerprint density at radius 1 is 1.24 bits per heavy atom. The van der Waals surface area contributed by atoms with Crippen molar-refractivity contribution in [2.45, 2.75) is 18.6 Å². The highest BCUT2D eigenvalue weighted by atomic mass is 19.4. The van der Waals surface area contributed by atoms with Gasteiger partial charge in [0.25, 0.3) is 5.91 Å². The molecule has 0 fully saturated rings. The second kappa shape index (κ2) is 6.08. The average molecular weight is 351 g/mol. The largest absolute Gasteiger partial charge is 0.465 e. The summed E-state index contributed by atoms with van der Waals surface area (Å²) in [6.07, 6.45) is -2.79. The summed E-state index contributed by atoms with van der Waals surface area (Å²) in [6.45, 7) is 0. The van der Waals surface area contributed by atoms with Gasteiger partial charge in [-0.15, -0.1) is 0 Å². The molecule has 6 nitrogen and oxygen atoms in total. The van der Waals surface area contributed by atoms with Gasteiger partial charge in [0.2, 0.25) is 0 Å². The third-order valence-electron chi connectivity index (χ3n) is 3.82. The number of fused-ring (bicyclic) bond motifs is 1. The summed E-state index contributed by atoms with van der Waals surface area (Å²) in [5.74, 6) is -0.581. The molecule has 2 aromatic rings. The molecule has 1 atom stereocenters. The van der Waals surface area contributed by atoms with Gasteiger partial charge in [0, 0.05) is 18.3 Å². The lowest BCUT2D eigenvalue weighted by Gasteiger charge is -2.33. The molecule has 1 aromatic heterocycles. The zero-order valence-electron chi connectivity index (χ0n) is 12.6. The Morgan fingerprint density at radius 3 is 2.52 bits per heavy atom. The number of hydrogen-bond acceptors (Lipinski definition) is 3. The number of anilines is 2. The molecule has 0 saturated heterocycles. The number of pyridine rings is 1. The number of rotatable bonds is 2. The summed E-state index contributed by atoms with van der Waals surface area (Å²) in [5, 5.41) is 11.0. The Balaban J connectivity index is 2.03. The van der Waals surface area contributed by atoms with Crippen molar-refractivity contribution in [1.29, 1.82) is 0 Å². The lowest BCUT2D eigenvalue weighted by Crippen LogP contribution is -2.51. The standard InChI is InChI=1S/C16H12F3N3O3/c17-16(18,19)10-1-3-11(4-2-10)22-13-8-20-6-5-9(13)7-12(14(22)23)21-15(24)25/h1-6,8,12,21H,7H2,(H,24,25). The molecule has 1 unspecified atom stereocenters. The third kappa shape index (κ3) is 3.25. The van der Waals surface area contributed by atoms with Crippen LogP contribution in [0.25, 0.3) is 0 Å². The first-order valence-electron chi connectivity index (χ1n) is 7.21. The number of carbonyl (C=O) groups is 2. The molecular formula is C16H12F3N3O3. The van der Waals surface area contributed by atoms with Crippen LogP contribution in [0.3, 0.4) is 0 Å². The predicted molar refractivity (Wildman–Crippen MR) is 81.5 cm³/mol. The number of aromatic nitrogens is 1. The van der Waals surface area contributed by atoms with Crippen LogP contribution < -0.4 is 10.2 Å². The SMILES string of the molecule is O=C(O)NC1Cc2ccncc2N(c2ccc(C(F)(F)F)cc2)C1=O. The fourth-order valence-electron chi connectivity index (χ4n) is 2.70. The topological polar surface area (TPSA) is 82.5 Å². The minimum absolute atomic E-state index is 0.139. The van der Waals surface area contributed by atoms with Crippen LogP contribution in [0.1, 0.15) is 11.1 Å². The van der Waals surface area contributed by atoms with E-state index in [1.807, 2.05) is 0 Å². The van der Waals surface area contributed by atoms with Gasteiger partial charge in [-0.25, -0.2) is 4.79 Å². The fourth-order valence-corrected chi connectivity index (χ4v) is 2.70. The number of nitrogens with zero attached hydrogens (tertiary/aromatic N) is 2. The van der Waals surface area contributed by atoms with Gasteiger partial charge in [0.1, 0.15) is 6.04 Å². The molecule has 0 saturated carbocycles. The number of alkyl halides is 3. The van der Waals surface area contributed by atoms with E-state index in [0.717, 1.165) is 12.1 Å². The molecule has 25 heavy (non-hydrogen) atoms. The summed E-state index contributed by atoms with van der Waals surface area (Å²) < 4.78 is 38.2. The van der Waals surface area contributed by atoms with Crippen molar-refractivity contribution in [3.63, 3.8) is 0 Å². The van der Waals surface area contributed by atoms with Crippen LogP contribution in [0.2, 0.25) is 0 Å². The van der Waals surface area contributed by atoms with E-state index in [4.69, 9.17) is 5.11 Å². The predicted octanol–water partition coefficient (Wildman–Crippen LogP) is 2.96. The molecule has 3 rings (SSSR count). The first kappa shape index (κ1) is 16.7. The number of carboxylic acid groups (broad SMARTS) is 1. The Hall–Kier alpha value is -3.10. The summed E-state index contributed by atoms with van der Waals surface area (Å²) in [5.41, 5.74) is 0.431. The normalized spacial score (nSPS) is 17.2. The Labute approximate surface area is 139 Å². The molecule has 0 bridgehead atoms. The number of halogens is 3. The highest BCUT2D eigenvalue weighted by Gasteiger charge is 2.36. The van der Waals surface area contributed by atoms with Crippen LogP contribution in [0.5, 0.6) is 0 Å². The second-order valence-corrected chi connectivity index (χ2v) is 5.43. The highest BCUT2D eigenvalue weighted by molar-refractivity contribution is 6.06. The lowest BCUT2D eigenvalue weighted by atomic mass is 9.98. The van der Waals surface area contributed by atoms with Gasteiger partial charge in [-0.2, -0.15) is 13.2 Å². The highest BCUT2D eigenvalue weighted by Crippen LogP contribution is 2.36. The fraction of sp³-hybridized carbons (Fsp3) is 0.188.